The van der Waals surface area contributed by atoms with E-state index in [1.54, 1.807) is 0 Å². The highest BCUT2D eigenvalue weighted by molar-refractivity contribution is 6.33. The Morgan fingerprint density at radius 1 is 1.00 bits per heavy atom. The topological polar surface area (TPSA) is 107 Å². The number of benzene rings is 1. The van der Waals surface area contributed by atoms with Gasteiger partial charge in [-0.15, -0.1) is 0 Å². The van der Waals surface area contributed by atoms with Crippen LogP contribution in [-0.2, 0) is 0 Å². The van der Waals surface area contributed by atoms with E-state index in [0.29, 0.717) is 11.1 Å². The Labute approximate surface area is 117 Å². The van der Waals surface area contributed by atoms with Crippen LogP contribution in [0.3, 0.4) is 0 Å². The van der Waals surface area contributed by atoms with Crippen LogP contribution in [-0.4, -0.2) is 27.1 Å². The van der Waals surface area contributed by atoms with E-state index in [9.17, 15) is 14.4 Å². The predicted octanol–water partition coefficient (Wildman–Crippen LogP) is 2.09. The van der Waals surface area contributed by atoms with Crippen LogP contribution in [0.15, 0.2) is 35.3 Å². The van der Waals surface area contributed by atoms with E-state index in [2.05, 4.69) is 4.98 Å². The number of nitrogens with one attached hydrogen (secondary N) is 1. The molecule has 0 aliphatic rings. The fraction of sp³-hybridized carbons (Fsp3) is 0. The molecule has 3 N–H and O–H groups in total. The van der Waals surface area contributed by atoms with E-state index in [1.807, 2.05) is 0 Å². The number of carbonyl (C=O) groups is 2. The monoisotopic (exact) mass is 293 g/mol. The van der Waals surface area contributed by atoms with E-state index in [-0.39, 0.29) is 10.6 Å². The molecule has 6 nitrogen and oxygen atoms in total. The lowest BCUT2D eigenvalue weighted by Gasteiger charge is -2.05. The third-order valence-corrected chi connectivity index (χ3v) is 2.99. The highest BCUT2D eigenvalue weighted by Crippen LogP contribution is 2.25. The van der Waals surface area contributed by atoms with Gasteiger partial charge in [-0.05, 0) is 29.3 Å². The molecular formula is C13H8ClNO5. The molecule has 0 spiro atoms. The maximum atomic E-state index is 11.3. The van der Waals surface area contributed by atoms with Crippen molar-refractivity contribution in [1.29, 1.82) is 0 Å². The first-order chi connectivity index (χ1) is 9.40. The van der Waals surface area contributed by atoms with Crippen LogP contribution in [0, 0.1) is 0 Å². The van der Waals surface area contributed by atoms with Crippen molar-refractivity contribution >= 4 is 23.5 Å². The largest absolute Gasteiger partial charge is 0.478 e. The van der Waals surface area contributed by atoms with Crippen LogP contribution in [0.2, 0.25) is 5.02 Å². The van der Waals surface area contributed by atoms with Crippen molar-refractivity contribution in [2.24, 2.45) is 0 Å². The summed E-state index contributed by atoms with van der Waals surface area (Å²) >= 11 is 5.75. The summed E-state index contributed by atoms with van der Waals surface area (Å²) in [6.45, 7) is 0. The molecule has 1 aromatic carbocycles. The number of hydrogen-bond donors (Lipinski definition) is 3. The number of halogens is 1. The Bertz CT molecular complexity index is 766. The van der Waals surface area contributed by atoms with Gasteiger partial charge in [-0.2, -0.15) is 0 Å². The SMILES string of the molecule is O=C(O)c1cc(-c2c[nH]c(=O)c(C(=O)O)c2)ccc1Cl. The van der Waals surface area contributed by atoms with Crippen molar-refractivity contribution in [3.05, 3.63) is 57.0 Å². The second kappa shape index (κ2) is 5.18. The number of carboxylic acids is 2. The van der Waals surface area contributed by atoms with Crippen molar-refractivity contribution in [3.8, 4) is 11.1 Å². The Morgan fingerprint density at radius 2 is 1.60 bits per heavy atom. The van der Waals surface area contributed by atoms with Crippen molar-refractivity contribution in [2.45, 2.75) is 0 Å². The zero-order valence-electron chi connectivity index (χ0n) is 9.88. The van der Waals surface area contributed by atoms with E-state index >= 15 is 0 Å². The van der Waals surface area contributed by atoms with Gasteiger partial charge in [-0.3, -0.25) is 4.79 Å². The Morgan fingerprint density at radius 3 is 2.20 bits per heavy atom. The minimum Gasteiger partial charge on any atom is -0.478 e. The number of rotatable bonds is 3. The van der Waals surface area contributed by atoms with E-state index in [4.69, 9.17) is 21.8 Å². The number of H-pyrrole nitrogens is 1. The summed E-state index contributed by atoms with van der Waals surface area (Å²) in [5, 5.41) is 17.9. The van der Waals surface area contributed by atoms with Gasteiger partial charge in [0.15, 0.2) is 0 Å². The summed E-state index contributed by atoms with van der Waals surface area (Å²) in [4.78, 5) is 35.5. The third-order valence-electron chi connectivity index (χ3n) is 2.66. The van der Waals surface area contributed by atoms with Gasteiger partial charge >= 0.3 is 11.9 Å². The third kappa shape index (κ3) is 2.55. The first-order valence-corrected chi connectivity index (χ1v) is 5.77. The molecule has 0 unspecified atom stereocenters. The second-order valence-corrected chi connectivity index (χ2v) is 4.34. The lowest BCUT2D eigenvalue weighted by molar-refractivity contribution is 0.0685. The summed E-state index contributed by atoms with van der Waals surface area (Å²) in [6, 6.07) is 5.42. The minimum absolute atomic E-state index is 0.0733. The molecule has 0 radical (unpaired) electrons. The van der Waals surface area contributed by atoms with Gasteiger partial charge in [-0.25, -0.2) is 9.59 Å². The molecule has 0 saturated carbocycles. The standard InChI is InChI=1S/C13H8ClNO5/c14-10-2-1-6(3-8(10)12(17)18)7-4-9(13(19)20)11(16)15-5-7/h1-5H,(H,15,16)(H,17,18)(H,19,20). The van der Waals surface area contributed by atoms with Crippen LogP contribution in [0.5, 0.6) is 0 Å². The van der Waals surface area contributed by atoms with E-state index < -0.39 is 23.1 Å². The predicted molar refractivity (Wildman–Crippen MR) is 71.4 cm³/mol. The molecule has 0 saturated heterocycles. The normalized spacial score (nSPS) is 10.2. The second-order valence-electron chi connectivity index (χ2n) is 3.94. The molecule has 0 aliphatic heterocycles. The summed E-state index contributed by atoms with van der Waals surface area (Å²) in [5.41, 5.74) is -0.443. The molecule has 0 aliphatic carbocycles. The van der Waals surface area contributed by atoms with E-state index in [1.165, 1.54) is 30.5 Å². The van der Waals surface area contributed by atoms with Gasteiger partial charge in [0.25, 0.3) is 5.56 Å². The smallest absolute Gasteiger partial charge is 0.341 e. The molecule has 1 heterocycles. The van der Waals surface area contributed by atoms with Crippen molar-refractivity contribution in [1.82, 2.24) is 4.98 Å². The Kier molecular flexibility index (Phi) is 3.58. The number of carboxylic acid groups (broad SMARTS) is 2. The van der Waals surface area contributed by atoms with Crippen molar-refractivity contribution in [3.63, 3.8) is 0 Å². The van der Waals surface area contributed by atoms with Gasteiger partial charge < -0.3 is 15.2 Å². The first kappa shape index (κ1) is 13.8. The fourth-order valence-corrected chi connectivity index (χ4v) is 1.88. The van der Waals surface area contributed by atoms with Crippen LogP contribution in [0.4, 0.5) is 0 Å². The fourth-order valence-electron chi connectivity index (χ4n) is 1.68. The van der Waals surface area contributed by atoms with Crippen LogP contribution in [0.1, 0.15) is 20.7 Å². The van der Waals surface area contributed by atoms with Crippen LogP contribution >= 0.6 is 11.6 Å². The number of aromatic carboxylic acids is 2. The average molecular weight is 294 g/mol. The van der Waals surface area contributed by atoms with Gasteiger partial charge in [0.1, 0.15) is 5.56 Å². The maximum absolute atomic E-state index is 11.3. The molecule has 7 heteroatoms. The zero-order valence-corrected chi connectivity index (χ0v) is 10.6. The molecule has 0 fully saturated rings. The Hall–Kier alpha value is -2.60. The quantitative estimate of drug-likeness (QED) is 0.803. The highest BCUT2D eigenvalue weighted by Gasteiger charge is 2.13. The molecule has 2 rings (SSSR count). The number of pyridine rings is 1. The summed E-state index contributed by atoms with van der Waals surface area (Å²) in [5.74, 6) is -2.56. The molecule has 2 aromatic rings. The van der Waals surface area contributed by atoms with Gasteiger partial charge in [0, 0.05) is 6.20 Å². The molecule has 20 heavy (non-hydrogen) atoms. The summed E-state index contributed by atoms with van der Waals surface area (Å²) < 4.78 is 0. The molecule has 1 aromatic heterocycles. The van der Waals surface area contributed by atoms with Crippen LogP contribution in [0.25, 0.3) is 11.1 Å². The van der Waals surface area contributed by atoms with Crippen molar-refractivity contribution < 1.29 is 19.8 Å². The molecule has 102 valence electrons. The lowest BCUT2D eigenvalue weighted by atomic mass is 10.0. The van der Waals surface area contributed by atoms with Gasteiger partial charge in [-0.1, -0.05) is 17.7 Å². The molecular weight excluding hydrogens is 286 g/mol. The number of aromatic amines is 1. The number of aromatic nitrogens is 1. The van der Waals surface area contributed by atoms with E-state index in [0.717, 1.165) is 0 Å². The maximum Gasteiger partial charge on any atom is 0.341 e. The molecule has 0 atom stereocenters. The minimum atomic E-state index is -1.36. The number of hydrogen-bond acceptors (Lipinski definition) is 3. The summed E-state index contributed by atoms with van der Waals surface area (Å²) in [6.07, 6.45) is 1.31. The lowest BCUT2D eigenvalue weighted by Crippen LogP contribution is -2.16. The average Bonchev–Trinajstić information content (AvgIpc) is 2.39. The Balaban J connectivity index is 2.60. The highest BCUT2D eigenvalue weighted by atomic mass is 35.5. The summed E-state index contributed by atoms with van der Waals surface area (Å²) in [7, 11) is 0. The van der Waals surface area contributed by atoms with Gasteiger partial charge in [0.2, 0.25) is 0 Å². The molecule has 0 bridgehead atoms. The van der Waals surface area contributed by atoms with Crippen LogP contribution < -0.4 is 5.56 Å². The van der Waals surface area contributed by atoms with Crippen molar-refractivity contribution in [2.75, 3.05) is 0 Å². The zero-order chi connectivity index (χ0) is 14.9. The van der Waals surface area contributed by atoms with Gasteiger partial charge in [0.05, 0.1) is 10.6 Å². The first-order valence-electron chi connectivity index (χ1n) is 5.39. The molecule has 0 amide bonds.